The average Bonchev–Trinajstić information content (AvgIpc) is 2.68. The van der Waals surface area contributed by atoms with Crippen molar-refractivity contribution in [3.8, 4) is 0 Å². The monoisotopic (exact) mass is 522 g/mol. The largest absolute Gasteiger partial charge is 0.388 e. The van der Waals surface area contributed by atoms with Crippen LogP contribution in [0.25, 0.3) is 0 Å². The van der Waals surface area contributed by atoms with Crippen molar-refractivity contribution in [1.29, 1.82) is 0 Å². The molecule has 0 unspecified atom stereocenters. The van der Waals surface area contributed by atoms with E-state index in [1.54, 1.807) is 0 Å². The second-order valence-corrected chi connectivity index (χ2v) is 7.83. The molecule has 0 amide bonds. The first-order valence-corrected chi connectivity index (χ1v) is 10.3. The van der Waals surface area contributed by atoms with E-state index in [0.29, 0.717) is 32.6 Å². The van der Waals surface area contributed by atoms with Crippen molar-refractivity contribution < 1.29 is 9.84 Å². The molecular formula is C20H32ClIN4O2. The molecule has 2 N–H and O–H groups in total. The van der Waals surface area contributed by atoms with Gasteiger partial charge in [-0.1, -0.05) is 23.7 Å². The van der Waals surface area contributed by atoms with Gasteiger partial charge in [-0.2, -0.15) is 0 Å². The molecule has 0 spiro atoms. The van der Waals surface area contributed by atoms with E-state index in [1.165, 1.54) is 5.56 Å². The minimum absolute atomic E-state index is 0. The highest BCUT2D eigenvalue weighted by Gasteiger charge is 2.30. The maximum atomic E-state index is 10.7. The second-order valence-electron chi connectivity index (χ2n) is 7.40. The van der Waals surface area contributed by atoms with E-state index in [-0.39, 0.29) is 24.0 Å². The molecule has 0 aliphatic carbocycles. The summed E-state index contributed by atoms with van der Waals surface area (Å²) in [6.07, 6.45) is 1.32. The Morgan fingerprint density at radius 2 is 1.82 bits per heavy atom. The Balaban J connectivity index is 0.00000280. The molecular weight excluding hydrogens is 491 g/mol. The second kappa shape index (κ2) is 11.5. The van der Waals surface area contributed by atoms with E-state index < -0.39 is 5.60 Å². The molecule has 1 aromatic carbocycles. The number of rotatable bonds is 5. The fourth-order valence-electron chi connectivity index (χ4n) is 3.52. The predicted octanol–water partition coefficient (Wildman–Crippen LogP) is 2.58. The molecule has 0 aromatic heterocycles. The molecule has 2 saturated heterocycles. The van der Waals surface area contributed by atoms with Crippen molar-refractivity contribution in [3.05, 3.63) is 34.9 Å². The zero-order valence-electron chi connectivity index (χ0n) is 16.6. The van der Waals surface area contributed by atoms with Gasteiger partial charge in [-0.15, -0.1) is 24.0 Å². The lowest BCUT2D eigenvalue weighted by Crippen LogP contribution is -2.52. The third-order valence-electron chi connectivity index (χ3n) is 5.27. The lowest BCUT2D eigenvalue weighted by atomic mass is 9.95. The average molecular weight is 523 g/mol. The Bertz CT molecular complexity index is 615. The number of hydrogen-bond donors (Lipinski definition) is 2. The summed E-state index contributed by atoms with van der Waals surface area (Å²) in [5.74, 6) is 0.906. The summed E-state index contributed by atoms with van der Waals surface area (Å²) in [7, 11) is 0. The van der Waals surface area contributed by atoms with Gasteiger partial charge in [0.25, 0.3) is 0 Å². The Hall–Kier alpha value is -0.610. The van der Waals surface area contributed by atoms with Crippen LogP contribution in [0.3, 0.4) is 0 Å². The smallest absolute Gasteiger partial charge is 0.194 e. The van der Waals surface area contributed by atoms with Gasteiger partial charge < -0.3 is 20.1 Å². The molecule has 8 heteroatoms. The Labute approximate surface area is 190 Å². The van der Waals surface area contributed by atoms with Crippen LogP contribution in [-0.4, -0.2) is 78.9 Å². The van der Waals surface area contributed by atoms with E-state index in [0.717, 1.165) is 50.3 Å². The number of ether oxygens (including phenoxy) is 1. The SMILES string of the molecule is CCNC(=NCC1(O)CCOCC1)N1CCN(Cc2ccc(Cl)cc2)CC1.I. The third-order valence-corrected chi connectivity index (χ3v) is 5.52. The Kier molecular flexibility index (Phi) is 9.76. The molecule has 0 atom stereocenters. The van der Waals surface area contributed by atoms with E-state index >= 15 is 0 Å². The summed E-state index contributed by atoms with van der Waals surface area (Å²) in [5, 5.41) is 14.8. The van der Waals surface area contributed by atoms with Crippen LogP contribution in [0.4, 0.5) is 0 Å². The van der Waals surface area contributed by atoms with Crippen LogP contribution in [-0.2, 0) is 11.3 Å². The van der Waals surface area contributed by atoms with Gasteiger partial charge in [0.2, 0.25) is 0 Å². The third kappa shape index (κ3) is 7.02. The summed E-state index contributed by atoms with van der Waals surface area (Å²) in [6.45, 7) is 9.36. The standard InChI is InChI=1S/C20H31ClN4O2.HI/c1-2-22-19(23-16-20(26)7-13-27-14-8-20)25-11-9-24(10-12-25)15-17-3-5-18(21)6-4-17;/h3-6,26H,2,7-16H2,1H3,(H,22,23);1H. The van der Waals surface area contributed by atoms with Gasteiger partial charge >= 0.3 is 0 Å². The predicted molar refractivity (Wildman–Crippen MR) is 125 cm³/mol. The number of nitrogens with zero attached hydrogens (tertiary/aromatic N) is 3. The number of piperazine rings is 1. The highest BCUT2D eigenvalue weighted by Crippen LogP contribution is 2.21. The van der Waals surface area contributed by atoms with Crippen LogP contribution in [0.2, 0.25) is 5.02 Å². The van der Waals surface area contributed by atoms with Crippen LogP contribution in [0.1, 0.15) is 25.3 Å². The normalized spacial score (nSPS) is 20.5. The fraction of sp³-hybridized carbons (Fsp3) is 0.650. The first-order chi connectivity index (χ1) is 13.1. The summed E-state index contributed by atoms with van der Waals surface area (Å²) in [4.78, 5) is 9.49. The number of hydrogen-bond acceptors (Lipinski definition) is 4. The van der Waals surface area contributed by atoms with Gasteiger partial charge in [0, 0.05) is 70.3 Å². The van der Waals surface area contributed by atoms with Crippen molar-refractivity contribution in [2.75, 3.05) is 52.5 Å². The van der Waals surface area contributed by atoms with Gasteiger partial charge in [0.15, 0.2) is 5.96 Å². The minimum Gasteiger partial charge on any atom is -0.388 e. The van der Waals surface area contributed by atoms with E-state index in [4.69, 9.17) is 21.3 Å². The van der Waals surface area contributed by atoms with E-state index in [2.05, 4.69) is 34.2 Å². The molecule has 28 heavy (non-hydrogen) atoms. The molecule has 0 radical (unpaired) electrons. The highest BCUT2D eigenvalue weighted by atomic mass is 127. The zero-order valence-corrected chi connectivity index (χ0v) is 19.7. The summed E-state index contributed by atoms with van der Waals surface area (Å²) >= 11 is 5.97. The molecule has 3 rings (SSSR count). The van der Waals surface area contributed by atoms with Gasteiger partial charge in [0.1, 0.15) is 0 Å². The molecule has 0 bridgehead atoms. The van der Waals surface area contributed by atoms with Gasteiger partial charge in [0.05, 0.1) is 12.1 Å². The highest BCUT2D eigenvalue weighted by molar-refractivity contribution is 14.0. The van der Waals surface area contributed by atoms with Crippen molar-refractivity contribution in [3.63, 3.8) is 0 Å². The van der Waals surface area contributed by atoms with Crippen LogP contribution in [0, 0.1) is 0 Å². The van der Waals surface area contributed by atoms with Crippen molar-refractivity contribution in [1.82, 2.24) is 15.1 Å². The van der Waals surface area contributed by atoms with Gasteiger partial charge in [-0.05, 0) is 24.6 Å². The van der Waals surface area contributed by atoms with Crippen molar-refractivity contribution in [2.24, 2.45) is 4.99 Å². The number of nitrogens with one attached hydrogen (secondary N) is 1. The van der Waals surface area contributed by atoms with Gasteiger partial charge in [-0.3, -0.25) is 9.89 Å². The molecule has 2 fully saturated rings. The maximum absolute atomic E-state index is 10.7. The van der Waals surface area contributed by atoms with Gasteiger partial charge in [-0.25, -0.2) is 0 Å². The molecule has 2 aliphatic rings. The van der Waals surface area contributed by atoms with Crippen LogP contribution < -0.4 is 5.32 Å². The summed E-state index contributed by atoms with van der Waals surface area (Å²) in [6, 6.07) is 8.08. The van der Waals surface area contributed by atoms with Crippen molar-refractivity contribution >= 4 is 41.5 Å². The molecule has 2 aliphatic heterocycles. The number of aliphatic imine (C=N–C) groups is 1. The number of aliphatic hydroxyl groups is 1. The number of guanidine groups is 1. The summed E-state index contributed by atoms with van der Waals surface area (Å²) < 4.78 is 5.36. The quantitative estimate of drug-likeness (QED) is 0.354. The van der Waals surface area contributed by atoms with Crippen LogP contribution in [0.5, 0.6) is 0 Å². The van der Waals surface area contributed by atoms with Crippen LogP contribution in [0.15, 0.2) is 29.3 Å². The molecule has 1 aromatic rings. The molecule has 2 heterocycles. The van der Waals surface area contributed by atoms with Crippen molar-refractivity contribution in [2.45, 2.75) is 31.9 Å². The molecule has 158 valence electrons. The zero-order chi connectivity index (χ0) is 19.1. The van der Waals surface area contributed by atoms with E-state index in [9.17, 15) is 5.11 Å². The topological polar surface area (TPSA) is 60.3 Å². The first-order valence-electron chi connectivity index (χ1n) is 9.88. The fourth-order valence-corrected chi connectivity index (χ4v) is 3.65. The van der Waals surface area contributed by atoms with E-state index in [1.807, 2.05) is 12.1 Å². The molecule has 6 nitrogen and oxygen atoms in total. The Morgan fingerprint density at radius 3 is 2.43 bits per heavy atom. The first kappa shape index (κ1) is 23.7. The number of benzene rings is 1. The minimum atomic E-state index is -0.727. The van der Waals surface area contributed by atoms with Crippen LogP contribution >= 0.6 is 35.6 Å². The Morgan fingerprint density at radius 1 is 1.18 bits per heavy atom. The lowest BCUT2D eigenvalue weighted by molar-refractivity contribution is -0.0567. The molecule has 0 saturated carbocycles. The summed E-state index contributed by atoms with van der Waals surface area (Å²) in [5.41, 5.74) is 0.560. The lowest BCUT2D eigenvalue weighted by Gasteiger charge is -2.37. The number of halogens is 2. The maximum Gasteiger partial charge on any atom is 0.194 e.